The van der Waals surface area contributed by atoms with E-state index >= 15 is 0 Å². The molecule has 4 aromatic rings. The topological polar surface area (TPSA) is 64.5 Å². The Morgan fingerprint density at radius 2 is 1.55 bits per heavy atom. The molecule has 0 aliphatic heterocycles. The molecule has 1 aromatic heterocycles. The van der Waals surface area contributed by atoms with Gasteiger partial charge in [0, 0.05) is 17.9 Å². The molecule has 0 bridgehead atoms. The minimum atomic E-state index is 0.0509. The summed E-state index contributed by atoms with van der Waals surface area (Å²) in [5, 5.41) is 10.2. The molecule has 0 radical (unpaired) electrons. The molecule has 0 spiro atoms. The van der Waals surface area contributed by atoms with Gasteiger partial charge in [-0.25, -0.2) is 9.97 Å². The number of rotatable bonds is 6. The Morgan fingerprint density at radius 3 is 2.28 bits per heavy atom. The lowest BCUT2D eigenvalue weighted by Crippen LogP contribution is -1.98. The predicted molar refractivity (Wildman–Crippen MR) is 113 cm³/mol. The van der Waals surface area contributed by atoms with Gasteiger partial charge in [-0.15, -0.1) is 0 Å². The van der Waals surface area contributed by atoms with E-state index < -0.39 is 0 Å². The van der Waals surface area contributed by atoms with Gasteiger partial charge in [0.15, 0.2) is 11.5 Å². The SMILES string of the molecule is COc1cc2ncnc(Cc3cccc(-c4ccc(CO)cc4)c3)c2cc1OC. The maximum absolute atomic E-state index is 9.24. The van der Waals surface area contributed by atoms with E-state index in [9.17, 15) is 5.11 Å². The summed E-state index contributed by atoms with van der Waals surface area (Å²) in [6.45, 7) is 0.0509. The number of ether oxygens (including phenoxy) is 2. The van der Waals surface area contributed by atoms with Crippen molar-refractivity contribution in [3.63, 3.8) is 0 Å². The fourth-order valence-electron chi connectivity index (χ4n) is 3.43. The Hall–Kier alpha value is -3.44. The van der Waals surface area contributed by atoms with Gasteiger partial charge in [0.2, 0.25) is 0 Å². The van der Waals surface area contributed by atoms with Crippen molar-refractivity contribution < 1.29 is 14.6 Å². The highest BCUT2D eigenvalue weighted by Gasteiger charge is 2.11. The minimum absolute atomic E-state index is 0.0509. The molecule has 146 valence electrons. The summed E-state index contributed by atoms with van der Waals surface area (Å²) in [6, 6.07) is 20.2. The van der Waals surface area contributed by atoms with Gasteiger partial charge >= 0.3 is 0 Å². The monoisotopic (exact) mass is 386 g/mol. The summed E-state index contributed by atoms with van der Waals surface area (Å²) < 4.78 is 10.8. The van der Waals surface area contributed by atoms with Crippen LogP contribution in [-0.4, -0.2) is 29.3 Å². The fourth-order valence-corrected chi connectivity index (χ4v) is 3.43. The molecule has 0 saturated heterocycles. The zero-order valence-corrected chi connectivity index (χ0v) is 16.4. The fraction of sp³-hybridized carbons (Fsp3) is 0.167. The van der Waals surface area contributed by atoms with Crippen molar-refractivity contribution in [2.24, 2.45) is 0 Å². The first-order valence-electron chi connectivity index (χ1n) is 9.36. The average molecular weight is 386 g/mol. The number of aliphatic hydroxyl groups is 1. The van der Waals surface area contributed by atoms with Crippen LogP contribution in [0, 0.1) is 0 Å². The van der Waals surface area contributed by atoms with Crippen LogP contribution in [0.5, 0.6) is 11.5 Å². The molecular weight excluding hydrogens is 364 g/mol. The Bertz CT molecular complexity index is 1140. The van der Waals surface area contributed by atoms with Crippen LogP contribution in [0.2, 0.25) is 0 Å². The smallest absolute Gasteiger partial charge is 0.162 e. The Kier molecular flexibility index (Phi) is 5.40. The number of aromatic nitrogens is 2. The van der Waals surface area contributed by atoms with Crippen LogP contribution in [0.15, 0.2) is 67.0 Å². The highest BCUT2D eigenvalue weighted by Crippen LogP contribution is 2.33. The molecule has 29 heavy (non-hydrogen) atoms. The normalized spacial score (nSPS) is 10.9. The molecule has 0 saturated carbocycles. The maximum Gasteiger partial charge on any atom is 0.162 e. The number of aliphatic hydroxyl groups excluding tert-OH is 1. The third kappa shape index (κ3) is 3.91. The second kappa shape index (κ2) is 8.29. The molecule has 5 nitrogen and oxygen atoms in total. The maximum atomic E-state index is 9.24. The second-order valence-corrected chi connectivity index (χ2v) is 6.78. The summed E-state index contributed by atoms with van der Waals surface area (Å²) in [5.41, 5.74) is 6.06. The van der Waals surface area contributed by atoms with E-state index in [1.165, 1.54) is 0 Å². The summed E-state index contributed by atoms with van der Waals surface area (Å²) in [6.07, 6.45) is 2.26. The Labute approximate surface area is 169 Å². The molecular formula is C24H22N2O3. The van der Waals surface area contributed by atoms with Crippen molar-refractivity contribution in [1.29, 1.82) is 0 Å². The van der Waals surface area contributed by atoms with Crippen molar-refractivity contribution >= 4 is 10.9 Å². The highest BCUT2D eigenvalue weighted by molar-refractivity contribution is 5.85. The van der Waals surface area contributed by atoms with E-state index in [2.05, 4.69) is 34.2 Å². The van der Waals surface area contributed by atoms with Crippen molar-refractivity contribution in [2.45, 2.75) is 13.0 Å². The molecule has 0 amide bonds. The van der Waals surface area contributed by atoms with E-state index in [0.29, 0.717) is 17.9 Å². The molecule has 0 atom stereocenters. The number of fused-ring (bicyclic) bond motifs is 1. The van der Waals surface area contributed by atoms with E-state index in [1.54, 1.807) is 20.5 Å². The van der Waals surface area contributed by atoms with Crippen LogP contribution < -0.4 is 9.47 Å². The van der Waals surface area contributed by atoms with Crippen LogP contribution in [-0.2, 0) is 13.0 Å². The summed E-state index contributed by atoms with van der Waals surface area (Å²) in [4.78, 5) is 8.90. The van der Waals surface area contributed by atoms with E-state index in [1.807, 2.05) is 36.4 Å². The van der Waals surface area contributed by atoms with E-state index in [-0.39, 0.29) is 6.61 Å². The molecule has 0 aliphatic rings. The molecule has 5 heteroatoms. The van der Waals surface area contributed by atoms with Gasteiger partial charge in [-0.1, -0.05) is 48.5 Å². The van der Waals surface area contributed by atoms with Gasteiger partial charge in [-0.2, -0.15) is 0 Å². The number of hydrogen-bond acceptors (Lipinski definition) is 5. The zero-order chi connectivity index (χ0) is 20.2. The highest BCUT2D eigenvalue weighted by atomic mass is 16.5. The molecule has 4 rings (SSSR count). The molecule has 3 aromatic carbocycles. The summed E-state index contributed by atoms with van der Waals surface area (Å²) >= 11 is 0. The minimum Gasteiger partial charge on any atom is -0.493 e. The summed E-state index contributed by atoms with van der Waals surface area (Å²) in [5.74, 6) is 1.31. The van der Waals surface area contributed by atoms with Gasteiger partial charge in [-0.05, 0) is 28.3 Å². The largest absolute Gasteiger partial charge is 0.493 e. The Morgan fingerprint density at radius 1 is 0.793 bits per heavy atom. The quantitative estimate of drug-likeness (QED) is 0.532. The zero-order valence-electron chi connectivity index (χ0n) is 16.4. The lowest BCUT2D eigenvalue weighted by molar-refractivity contribution is 0.282. The number of methoxy groups -OCH3 is 2. The molecule has 0 aliphatic carbocycles. The van der Waals surface area contributed by atoms with Crippen LogP contribution in [0.25, 0.3) is 22.0 Å². The standard InChI is InChI=1S/C24H22N2O3/c1-28-23-12-20-21(25-15-26-22(20)13-24(23)29-2)11-17-4-3-5-19(10-17)18-8-6-16(14-27)7-9-18/h3-10,12-13,15,27H,11,14H2,1-2H3. The first kappa shape index (κ1) is 18.9. The first-order valence-corrected chi connectivity index (χ1v) is 9.36. The van der Waals surface area contributed by atoms with E-state index in [0.717, 1.165) is 38.9 Å². The van der Waals surface area contributed by atoms with Crippen molar-refractivity contribution in [3.8, 4) is 22.6 Å². The number of nitrogens with zero attached hydrogens (tertiary/aromatic N) is 2. The number of benzene rings is 3. The summed E-state index contributed by atoms with van der Waals surface area (Å²) in [7, 11) is 3.24. The van der Waals surface area contributed by atoms with Crippen LogP contribution in [0.1, 0.15) is 16.8 Å². The van der Waals surface area contributed by atoms with Crippen LogP contribution in [0.4, 0.5) is 0 Å². The van der Waals surface area contributed by atoms with E-state index in [4.69, 9.17) is 9.47 Å². The van der Waals surface area contributed by atoms with Crippen LogP contribution >= 0.6 is 0 Å². The van der Waals surface area contributed by atoms with Gasteiger partial charge < -0.3 is 14.6 Å². The molecule has 1 heterocycles. The molecule has 0 fully saturated rings. The lowest BCUT2D eigenvalue weighted by Gasteiger charge is -2.11. The van der Waals surface area contributed by atoms with Crippen molar-refractivity contribution in [2.75, 3.05) is 14.2 Å². The van der Waals surface area contributed by atoms with Crippen LogP contribution in [0.3, 0.4) is 0 Å². The first-order chi connectivity index (χ1) is 14.2. The third-order valence-corrected chi connectivity index (χ3v) is 4.99. The predicted octanol–water partition coefficient (Wildman–Crippen LogP) is 4.40. The van der Waals surface area contributed by atoms with Gasteiger partial charge in [0.25, 0.3) is 0 Å². The van der Waals surface area contributed by atoms with Gasteiger partial charge in [-0.3, -0.25) is 0 Å². The van der Waals surface area contributed by atoms with Gasteiger partial charge in [0.1, 0.15) is 6.33 Å². The third-order valence-electron chi connectivity index (χ3n) is 4.99. The van der Waals surface area contributed by atoms with Gasteiger partial charge in [0.05, 0.1) is 32.0 Å². The number of hydrogen-bond donors (Lipinski definition) is 1. The lowest BCUT2D eigenvalue weighted by atomic mass is 9.99. The average Bonchev–Trinajstić information content (AvgIpc) is 2.78. The molecule has 1 N–H and O–H groups in total. The Balaban J connectivity index is 1.69. The second-order valence-electron chi connectivity index (χ2n) is 6.78. The molecule has 0 unspecified atom stereocenters. The van der Waals surface area contributed by atoms with Crippen molar-refractivity contribution in [3.05, 3.63) is 83.8 Å². The van der Waals surface area contributed by atoms with Crippen molar-refractivity contribution in [1.82, 2.24) is 9.97 Å².